The van der Waals surface area contributed by atoms with Crippen molar-refractivity contribution in [2.24, 2.45) is 0 Å². The number of aromatic nitrogens is 2. The van der Waals surface area contributed by atoms with Gasteiger partial charge in [0.05, 0.1) is 18.3 Å². The fourth-order valence-electron chi connectivity index (χ4n) is 3.07. The predicted molar refractivity (Wildman–Crippen MR) is 80.5 cm³/mol. The molecule has 3 rings (SSSR count). The maximum absolute atomic E-state index is 10.3. The van der Waals surface area contributed by atoms with Gasteiger partial charge >= 0.3 is 0 Å². The van der Waals surface area contributed by atoms with E-state index in [1.807, 2.05) is 10.9 Å². The first kappa shape index (κ1) is 13.4. The lowest BCUT2D eigenvalue weighted by Gasteiger charge is -2.20. The number of hydrogen-bond acceptors (Lipinski definition) is 2. The molecule has 2 unspecified atom stereocenters. The van der Waals surface area contributed by atoms with Crippen molar-refractivity contribution in [1.82, 2.24) is 9.78 Å². The minimum Gasteiger partial charge on any atom is -0.391 e. The van der Waals surface area contributed by atoms with Gasteiger partial charge in [-0.2, -0.15) is 5.10 Å². The van der Waals surface area contributed by atoms with Crippen molar-refractivity contribution in [2.45, 2.75) is 51.2 Å². The van der Waals surface area contributed by atoms with Crippen molar-refractivity contribution in [3.05, 3.63) is 42.2 Å². The molecule has 20 heavy (non-hydrogen) atoms. The summed E-state index contributed by atoms with van der Waals surface area (Å²) in [6.07, 6.45) is 9.17. The third-order valence-electron chi connectivity index (χ3n) is 4.24. The van der Waals surface area contributed by atoms with Crippen LogP contribution in [0.3, 0.4) is 0 Å². The molecular weight excluding hydrogens is 248 g/mol. The number of aryl methyl sites for hydroxylation is 1. The Kier molecular flexibility index (Phi) is 3.88. The molecule has 106 valence electrons. The predicted octanol–water partition coefficient (Wildman–Crippen LogP) is 3.72. The molecule has 1 aliphatic rings. The van der Waals surface area contributed by atoms with Crippen LogP contribution in [-0.4, -0.2) is 21.0 Å². The van der Waals surface area contributed by atoms with E-state index in [0.29, 0.717) is 0 Å². The standard InChI is InChI=1S/C17H22N2O/c1-13-6-5-7-14(10-13)15-11-18-19(12-15)16-8-3-2-4-9-17(16)20/h5-7,10-12,16-17,20H,2-4,8-9H2,1H3. The van der Waals surface area contributed by atoms with Crippen molar-refractivity contribution in [1.29, 1.82) is 0 Å². The van der Waals surface area contributed by atoms with Crippen molar-refractivity contribution < 1.29 is 5.11 Å². The number of nitrogens with zero attached hydrogens (tertiary/aromatic N) is 2. The molecule has 3 heteroatoms. The topological polar surface area (TPSA) is 38.0 Å². The first-order chi connectivity index (χ1) is 9.74. The summed E-state index contributed by atoms with van der Waals surface area (Å²) >= 11 is 0. The molecule has 0 bridgehead atoms. The van der Waals surface area contributed by atoms with Gasteiger partial charge in [0, 0.05) is 11.8 Å². The third-order valence-corrected chi connectivity index (χ3v) is 4.24. The van der Waals surface area contributed by atoms with Crippen LogP contribution in [0.4, 0.5) is 0 Å². The zero-order chi connectivity index (χ0) is 13.9. The van der Waals surface area contributed by atoms with Gasteiger partial charge in [-0.3, -0.25) is 4.68 Å². The first-order valence-corrected chi connectivity index (χ1v) is 7.53. The van der Waals surface area contributed by atoms with Gasteiger partial charge in [-0.05, 0) is 25.3 Å². The largest absolute Gasteiger partial charge is 0.391 e. The molecule has 3 nitrogen and oxygen atoms in total. The van der Waals surface area contributed by atoms with Gasteiger partial charge in [0.15, 0.2) is 0 Å². The maximum Gasteiger partial charge on any atom is 0.0778 e. The van der Waals surface area contributed by atoms with E-state index in [1.165, 1.54) is 24.0 Å². The highest BCUT2D eigenvalue weighted by atomic mass is 16.3. The maximum atomic E-state index is 10.3. The molecule has 1 saturated carbocycles. The average molecular weight is 270 g/mol. The molecule has 1 N–H and O–H groups in total. The Bertz CT molecular complexity index is 576. The lowest BCUT2D eigenvalue weighted by atomic mass is 10.1. The summed E-state index contributed by atoms with van der Waals surface area (Å²) in [6, 6.07) is 8.59. The Morgan fingerprint density at radius 3 is 2.85 bits per heavy atom. The second-order valence-electron chi connectivity index (χ2n) is 5.85. The Morgan fingerprint density at radius 1 is 1.15 bits per heavy atom. The zero-order valence-corrected chi connectivity index (χ0v) is 12.0. The molecule has 0 spiro atoms. The minimum absolute atomic E-state index is 0.135. The third kappa shape index (κ3) is 2.78. The highest BCUT2D eigenvalue weighted by molar-refractivity contribution is 5.62. The highest BCUT2D eigenvalue weighted by Crippen LogP contribution is 2.29. The van der Waals surface area contributed by atoms with Gasteiger partial charge in [0.1, 0.15) is 0 Å². The van der Waals surface area contributed by atoms with Gasteiger partial charge < -0.3 is 5.11 Å². The van der Waals surface area contributed by atoms with Gasteiger partial charge in [-0.25, -0.2) is 0 Å². The second-order valence-corrected chi connectivity index (χ2v) is 5.85. The molecule has 1 aromatic carbocycles. The Balaban J connectivity index is 1.86. The van der Waals surface area contributed by atoms with E-state index in [2.05, 4.69) is 42.5 Å². The van der Waals surface area contributed by atoms with Gasteiger partial charge in [-0.15, -0.1) is 0 Å². The molecule has 1 fully saturated rings. The summed E-state index contributed by atoms with van der Waals surface area (Å²) in [4.78, 5) is 0. The summed E-state index contributed by atoms with van der Waals surface area (Å²) < 4.78 is 1.97. The van der Waals surface area contributed by atoms with E-state index in [9.17, 15) is 5.11 Å². The SMILES string of the molecule is Cc1cccc(-c2cnn(C3CCCCCC3O)c2)c1. The molecule has 2 atom stereocenters. The van der Waals surface area contributed by atoms with Crippen molar-refractivity contribution in [3.8, 4) is 11.1 Å². The quantitative estimate of drug-likeness (QED) is 0.844. The van der Waals surface area contributed by atoms with Crippen molar-refractivity contribution in [3.63, 3.8) is 0 Å². The highest BCUT2D eigenvalue weighted by Gasteiger charge is 2.23. The molecular formula is C17H22N2O. The monoisotopic (exact) mass is 270 g/mol. The lowest BCUT2D eigenvalue weighted by Crippen LogP contribution is -2.23. The van der Waals surface area contributed by atoms with Crippen molar-refractivity contribution in [2.75, 3.05) is 0 Å². The molecule has 0 aliphatic heterocycles. The van der Waals surface area contributed by atoms with Crippen LogP contribution >= 0.6 is 0 Å². The van der Waals surface area contributed by atoms with Crippen LogP contribution in [0.1, 0.15) is 43.7 Å². The van der Waals surface area contributed by atoms with E-state index in [1.54, 1.807) is 0 Å². The number of benzene rings is 1. The fourth-order valence-corrected chi connectivity index (χ4v) is 3.07. The van der Waals surface area contributed by atoms with Gasteiger partial charge in [0.25, 0.3) is 0 Å². The Morgan fingerprint density at radius 2 is 2.00 bits per heavy atom. The molecule has 2 aromatic rings. The summed E-state index contributed by atoms with van der Waals surface area (Å²) in [5.41, 5.74) is 3.58. The van der Waals surface area contributed by atoms with E-state index >= 15 is 0 Å². The number of hydrogen-bond donors (Lipinski definition) is 1. The zero-order valence-electron chi connectivity index (χ0n) is 12.0. The Labute approximate surface area is 120 Å². The number of rotatable bonds is 2. The van der Waals surface area contributed by atoms with Gasteiger partial charge in [-0.1, -0.05) is 49.1 Å². The average Bonchev–Trinajstić information content (AvgIpc) is 2.82. The van der Waals surface area contributed by atoms with Crippen LogP contribution in [0, 0.1) is 6.92 Å². The molecule has 0 amide bonds. The normalized spacial score (nSPS) is 23.5. The van der Waals surface area contributed by atoms with E-state index in [4.69, 9.17) is 0 Å². The molecule has 0 saturated heterocycles. The summed E-state index contributed by atoms with van der Waals surface area (Å²) in [5.74, 6) is 0. The van der Waals surface area contributed by atoms with Crippen LogP contribution in [0.25, 0.3) is 11.1 Å². The van der Waals surface area contributed by atoms with E-state index < -0.39 is 0 Å². The number of aliphatic hydroxyl groups is 1. The van der Waals surface area contributed by atoms with Gasteiger partial charge in [0.2, 0.25) is 0 Å². The molecule has 1 heterocycles. The van der Waals surface area contributed by atoms with Crippen LogP contribution in [-0.2, 0) is 0 Å². The second kappa shape index (κ2) is 5.80. The van der Waals surface area contributed by atoms with Crippen molar-refractivity contribution >= 4 is 0 Å². The van der Waals surface area contributed by atoms with Crippen LogP contribution in [0.5, 0.6) is 0 Å². The van der Waals surface area contributed by atoms with E-state index in [-0.39, 0.29) is 12.1 Å². The fraction of sp³-hybridized carbons (Fsp3) is 0.471. The summed E-state index contributed by atoms with van der Waals surface area (Å²) in [5, 5.41) is 14.8. The molecule has 0 radical (unpaired) electrons. The molecule has 1 aliphatic carbocycles. The van der Waals surface area contributed by atoms with E-state index in [0.717, 1.165) is 24.8 Å². The van der Waals surface area contributed by atoms with Crippen LogP contribution in [0.15, 0.2) is 36.7 Å². The first-order valence-electron chi connectivity index (χ1n) is 7.53. The summed E-state index contributed by atoms with van der Waals surface area (Å²) in [6.45, 7) is 2.10. The lowest BCUT2D eigenvalue weighted by molar-refractivity contribution is 0.0991. The van der Waals surface area contributed by atoms with Crippen LogP contribution in [0.2, 0.25) is 0 Å². The Hall–Kier alpha value is -1.61. The number of aliphatic hydroxyl groups excluding tert-OH is 1. The molecule has 1 aromatic heterocycles. The smallest absolute Gasteiger partial charge is 0.0778 e. The minimum atomic E-state index is -0.261. The van der Waals surface area contributed by atoms with Crippen LogP contribution < -0.4 is 0 Å². The summed E-state index contributed by atoms with van der Waals surface area (Å²) in [7, 11) is 0.